The van der Waals surface area contributed by atoms with E-state index in [4.69, 9.17) is 10.00 Å². The van der Waals surface area contributed by atoms with E-state index >= 15 is 0 Å². The van der Waals surface area contributed by atoms with E-state index in [1.54, 1.807) is 6.20 Å². The van der Waals surface area contributed by atoms with Crippen LogP contribution < -0.4 is 4.90 Å². The zero-order valence-electron chi connectivity index (χ0n) is 10.4. The summed E-state index contributed by atoms with van der Waals surface area (Å²) in [5.41, 5.74) is 1.65. The molecule has 18 heavy (non-hydrogen) atoms. The molecule has 2 rings (SSSR count). The molecular weight excluding hydrogens is 230 g/mol. The number of aliphatic hydroxyl groups is 1. The first-order chi connectivity index (χ1) is 8.74. The molecule has 1 aliphatic rings. The molecule has 0 aromatic carbocycles. The van der Waals surface area contributed by atoms with Gasteiger partial charge in [-0.15, -0.1) is 0 Å². The average molecular weight is 247 g/mol. The molecule has 0 amide bonds. The Bertz CT molecular complexity index is 427. The first-order valence-corrected chi connectivity index (χ1v) is 6.14. The highest BCUT2D eigenvalue weighted by molar-refractivity contribution is 5.45. The van der Waals surface area contributed by atoms with Gasteiger partial charge in [0.25, 0.3) is 0 Å². The van der Waals surface area contributed by atoms with Gasteiger partial charge in [-0.3, -0.25) is 4.98 Å². The molecule has 0 bridgehead atoms. The lowest BCUT2D eigenvalue weighted by atomic mass is 10.2. The number of aliphatic hydroxyl groups excluding tert-OH is 1. The molecule has 1 aliphatic heterocycles. The molecule has 1 unspecified atom stereocenters. The average Bonchev–Trinajstić information content (AvgIpc) is 2.46. The lowest BCUT2D eigenvalue weighted by Crippen LogP contribution is -2.41. The van der Waals surface area contributed by atoms with Gasteiger partial charge in [-0.2, -0.15) is 5.26 Å². The molecule has 5 nitrogen and oxygen atoms in total. The molecule has 0 saturated carbocycles. The van der Waals surface area contributed by atoms with Gasteiger partial charge in [0.2, 0.25) is 0 Å². The summed E-state index contributed by atoms with van der Waals surface area (Å²) in [6.07, 6.45) is 1.52. The van der Waals surface area contributed by atoms with Gasteiger partial charge in [0.15, 0.2) is 6.10 Å². The Labute approximate surface area is 107 Å². The lowest BCUT2D eigenvalue weighted by molar-refractivity contribution is 0.0764. The van der Waals surface area contributed by atoms with Crippen molar-refractivity contribution in [2.24, 2.45) is 0 Å². The first kappa shape index (κ1) is 12.8. The van der Waals surface area contributed by atoms with E-state index in [1.165, 1.54) is 0 Å². The summed E-state index contributed by atoms with van der Waals surface area (Å²) in [5, 5.41) is 18.5. The van der Waals surface area contributed by atoms with Crippen LogP contribution in [0.15, 0.2) is 18.3 Å². The van der Waals surface area contributed by atoms with Gasteiger partial charge in [0, 0.05) is 6.54 Å². The Morgan fingerprint density at radius 2 is 2.50 bits per heavy atom. The third kappa shape index (κ3) is 2.78. The van der Waals surface area contributed by atoms with Crippen molar-refractivity contribution >= 4 is 5.69 Å². The molecule has 1 aromatic heterocycles. The fraction of sp³-hybridized carbons (Fsp3) is 0.538. The molecule has 1 fully saturated rings. The Hall–Kier alpha value is -1.64. The van der Waals surface area contributed by atoms with Crippen molar-refractivity contribution in [3.8, 4) is 6.07 Å². The summed E-state index contributed by atoms with van der Waals surface area (Å²) in [5.74, 6) is 0. The fourth-order valence-electron chi connectivity index (χ4n) is 1.95. The number of hydrogen-bond donors (Lipinski definition) is 1. The van der Waals surface area contributed by atoms with Crippen molar-refractivity contribution in [1.82, 2.24) is 4.98 Å². The SMILES string of the molecule is CC[C@@H](O)c1ccc(N2CCOC(C#N)C2)cn1. The standard InChI is InChI=1S/C13H17N3O2/c1-2-13(17)12-4-3-10(8-15-12)16-5-6-18-11(7-14)9-16/h3-4,8,11,13,17H,2,5-6,9H2,1H3/t11?,13-/m1/s1. The van der Waals surface area contributed by atoms with Gasteiger partial charge in [-0.25, -0.2) is 0 Å². The van der Waals surface area contributed by atoms with Crippen molar-refractivity contribution in [2.45, 2.75) is 25.6 Å². The van der Waals surface area contributed by atoms with Crippen LogP contribution in [-0.2, 0) is 4.74 Å². The third-order valence-electron chi connectivity index (χ3n) is 3.07. The summed E-state index contributed by atoms with van der Waals surface area (Å²) in [4.78, 5) is 6.34. The zero-order valence-corrected chi connectivity index (χ0v) is 10.4. The zero-order chi connectivity index (χ0) is 13.0. The Balaban J connectivity index is 2.07. The molecular formula is C13H17N3O2. The van der Waals surface area contributed by atoms with Gasteiger partial charge < -0.3 is 14.7 Å². The molecule has 1 aromatic rings. The van der Waals surface area contributed by atoms with Crippen LogP contribution in [-0.4, -0.2) is 35.9 Å². The highest BCUT2D eigenvalue weighted by Crippen LogP contribution is 2.20. The smallest absolute Gasteiger partial charge is 0.161 e. The Morgan fingerprint density at radius 1 is 1.67 bits per heavy atom. The highest BCUT2D eigenvalue weighted by Gasteiger charge is 2.20. The summed E-state index contributed by atoms with van der Waals surface area (Å²) in [6.45, 7) is 3.79. The Kier molecular flexibility index (Phi) is 4.13. The number of anilines is 1. The van der Waals surface area contributed by atoms with Crippen molar-refractivity contribution in [3.63, 3.8) is 0 Å². The quantitative estimate of drug-likeness (QED) is 0.870. The lowest BCUT2D eigenvalue weighted by Gasteiger charge is -2.31. The number of pyridine rings is 1. The predicted molar refractivity (Wildman–Crippen MR) is 67.1 cm³/mol. The monoisotopic (exact) mass is 247 g/mol. The van der Waals surface area contributed by atoms with Crippen LogP contribution in [0.5, 0.6) is 0 Å². The van der Waals surface area contributed by atoms with Crippen LogP contribution in [0, 0.1) is 11.3 Å². The molecule has 1 saturated heterocycles. The van der Waals surface area contributed by atoms with Gasteiger partial charge in [-0.1, -0.05) is 6.92 Å². The van der Waals surface area contributed by atoms with Gasteiger partial charge in [0.1, 0.15) is 0 Å². The molecule has 0 radical (unpaired) electrons. The largest absolute Gasteiger partial charge is 0.387 e. The second-order valence-corrected chi connectivity index (χ2v) is 4.30. The van der Waals surface area contributed by atoms with Crippen LogP contribution in [0.1, 0.15) is 25.1 Å². The summed E-state index contributed by atoms with van der Waals surface area (Å²) >= 11 is 0. The van der Waals surface area contributed by atoms with E-state index in [0.717, 1.165) is 12.2 Å². The van der Waals surface area contributed by atoms with Crippen molar-refractivity contribution < 1.29 is 9.84 Å². The van der Waals surface area contributed by atoms with Crippen LogP contribution in [0.2, 0.25) is 0 Å². The topological polar surface area (TPSA) is 69.4 Å². The molecule has 96 valence electrons. The first-order valence-electron chi connectivity index (χ1n) is 6.14. The van der Waals surface area contributed by atoms with E-state index in [-0.39, 0.29) is 6.10 Å². The van der Waals surface area contributed by atoms with E-state index in [0.29, 0.717) is 25.3 Å². The third-order valence-corrected chi connectivity index (χ3v) is 3.07. The second kappa shape index (κ2) is 5.80. The minimum absolute atomic E-state index is 0.375. The highest BCUT2D eigenvalue weighted by atomic mass is 16.5. The molecule has 0 spiro atoms. The minimum atomic E-state index is -0.504. The van der Waals surface area contributed by atoms with Crippen molar-refractivity contribution in [3.05, 3.63) is 24.0 Å². The Morgan fingerprint density at radius 3 is 3.11 bits per heavy atom. The molecule has 1 N–H and O–H groups in total. The molecule has 5 heteroatoms. The van der Waals surface area contributed by atoms with Gasteiger partial charge in [0.05, 0.1) is 42.9 Å². The van der Waals surface area contributed by atoms with Crippen LogP contribution in [0.3, 0.4) is 0 Å². The van der Waals surface area contributed by atoms with Crippen molar-refractivity contribution in [1.29, 1.82) is 5.26 Å². The summed E-state index contributed by atoms with van der Waals surface area (Å²) < 4.78 is 5.29. The fourth-order valence-corrected chi connectivity index (χ4v) is 1.95. The maximum atomic E-state index is 9.67. The van der Waals surface area contributed by atoms with E-state index in [2.05, 4.69) is 16.0 Å². The second-order valence-electron chi connectivity index (χ2n) is 4.30. The number of ether oxygens (including phenoxy) is 1. The minimum Gasteiger partial charge on any atom is -0.387 e. The number of aromatic nitrogens is 1. The van der Waals surface area contributed by atoms with Crippen LogP contribution >= 0.6 is 0 Å². The number of hydrogen-bond acceptors (Lipinski definition) is 5. The van der Waals surface area contributed by atoms with E-state index < -0.39 is 6.10 Å². The van der Waals surface area contributed by atoms with Gasteiger partial charge >= 0.3 is 0 Å². The molecule has 2 heterocycles. The summed E-state index contributed by atoms with van der Waals surface area (Å²) in [7, 11) is 0. The molecule has 0 aliphatic carbocycles. The number of nitrogens with zero attached hydrogens (tertiary/aromatic N) is 3. The maximum absolute atomic E-state index is 9.67. The number of morpholine rings is 1. The number of nitriles is 1. The normalized spacial score (nSPS) is 21.4. The van der Waals surface area contributed by atoms with Crippen molar-refractivity contribution in [2.75, 3.05) is 24.6 Å². The van der Waals surface area contributed by atoms with Crippen LogP contribution in [0.25, 0.3) is 0 Å². The predicted octanol–water partition coefficient (Wildman–Crippen LogP) is 1.25. The van der Waals surface area contributed by atoms with Gasteiger partial charge in [-0.05, 0) is 18.6 Å². The maximum Gasteiger partial charge on any atom is 0.161 e. The summed E-state index contributed by atoms with van der Waals surface area (Å²) in [6, 6.07) is 5.88. The van der Waals surface area contributed by atoms with E-state index in [9.17, 15) is 5.11 Å². The van der Waals surface area contributed by atoms with E-state index in [1.807, 2.05) is 19.1 Å². The molecule has 2 atom stereocenters. The van der Waals surface area contributed by atoms with Crippen LogP contribution in [0.4, 0.5) is 5.69 Å². The number of rotatable bonds is 3.